The summed E-state index contributed by atoms with van der Waals surface area (Å²) in [6, 6.07) is 20.3. The first-order valence-electron chi connectivity index (χ1n) is 8.86. The third-order valence-electron chi connectivity index (χ3n) is 4.29. The minimum Gasteiger partial charge on any atom is -0.319 e. The predicted octanol–water partition coefficient (Wildman–Crippen LogP) is 5.29. The molecule has 0 radical (unpaired) electrons. The largest absolute Gasteiger partial charge is 0.319 e. The van der Waals surface area contributed by atoms with Crippen molar-refractivity contribution in [2.45, 2.75) is 6.92 Å². The molecule has 0 spiro atoms. The third kappa shape index (κ3) is 4.17. The highest BCUT2D eigenvalue weighted by atomic mass is 35.5. The van der Waals surface area contributed by atoms with Crippen LogP contribution in [0.3, 0.4) is 0 Å². The average Bonchev–Trinajstić information content (AvgIpc) is 3.16. The molecule has 0 saturated carbocycles. The van der Waals surface area contributed by atoms with Gasteiger partial charge in [-0.2, -0.15) is 0 Å². The molecule has 29 heavy (non-hydrogen) atoms. The van der Waals surface area contributed by atoms with Crippen LogP contribution in [0.15, 0.2) is 72.8 Å². The van der Waals surface area contributed by atoms with Crippen molar-refractivity contribution in [3.8, 4) is 17.1 Å². The number of rotatable bonds is 4. The Kier molecular flexibility index (Phi) is 5.10. The fourth-order valence-electron chi connectivity index (χ4n) is 2.78. The molecule has 0 aliphatic heterocycles. The molecule has 5 nitrogen and oxygen atoms in total. The molecule has 0 aliphatic carbocycles. The van der Waals surface area contributed by atoms with Crippen molar-refractivity contribution in [1.29, 1.82) is 0 Å². The monoisotopic (exact) mass is 406 g/mol. The Morgan fingerprint density at radius 2 is 1.62 bits per heavy atom. The number of benzene rings is 3. The molecule has 1 N–H and O–H groups in total. The zero-order valence-electron chi connectivity index (χ0n) is 15.4. The minimum absolute atomic E-state index is 0.000139. The van der Waals surface area contributed by atoms with Crippen LogP contribution in [0, 0.1) is 12.7 Å². The highest BCUT2D eigenvalue weighted by Gasteiger charge is 2.19. The van der Waals surface area contributed by atoms with Crippen LogP contribution in [0.5, 0.6) is 0 Å². The molecular weight excluding hydrogens is 391 g/mol. The van der Waals surface area contributed by atoms with E-state index in [0.29, 0.717) is 22.1 Å². The summed E-state index contributed by atoms with van der Waals surface area (Å²) in [7, 11) is 0. The Labute approximate surface area is 171 Å². The summed E-state index contributed by atoms with van der Waals surface area (Å²) in [4.78, 5) is 17.1. The van der Waals surface area contributed by atoms with E-state index in [4.69, 9.17) is 11.6 Å². The van der Waals surface area contributed by atoms with Gasteiger partial charge in [0.2, 0.25) is 5.82 Å². The number of nitrogens with zero attached hydrogens (tertiary/aromatic N) is 3. The summed E-state index contributed by atoms with van der Waals surface area (Å²) < 4.78 is 14.9. The van der Waals surface area contributed by atoms with Crippen molar-refractivity contribution in [2.24, 2.45) is 0 Å². The smallest absolute Gasteiger partial charge is 0.295 e. The normalized spacial score (nSPS) is 10.7. The molecule has 4 aromatic rings. The van der Waals surface area contributed by atoms with Crippen LogP contribution in [-0.2, 0) is 0 Å². The Balaban J connectivity index is 1.74. The molecule has 7 heteroatoms. The number of anilines is 1. The van der Waals surface area contributed by atoms with Crippen LogP contribution in [0.1, 0.15) is 16.2 Å². The van der Waals surface area contributed by atoms with Crippen LogP contribution in [0.25, 0.3) is 17.1 Å². The van der Waals surface area contributed by atoms with Gasteiger partial charge in [-0.25, -0.2) is 14.1 Å². The highest BCUT2D eigenvalue weighted by Crippen LogP contribution is 2.22. The van der Waals surface area contributed by atoms with Gasteiger partial charge in [-0.15, -0.1) is 5.10 Å². The molecular formula is C22H16ClFN4O. The lowest BCUT2D eigenvalue weighted by Gasteiger charge is -2.06. The van der Waals surface area contributed by atoms with E-state index < -0.39 is 5.91 Å². The maximum atomic E-state index is 13.4. The molecule has 1 aromatic heterocycles. The Morgan fingerprint density at radius 1 is 0.966 bits per heavy atom. The van der Waals surface area contributed by atoms with E-state index in [2.05, 4.69) is 15.4 Å². The van der Waals surface area contributed by atoms with Crippen LogP contribution < -0.4 is 5.32 Å². The minimum atomic E-state index is -0.457. The topological polar surface area (TPSA) is 59.8 Å². The second-order valence-electron chi connectivity index (χ2n) is 6.47. The second-order valence-corrected chi connectivity index (χ2v) is 6.91. The first kappa shape index (κ1) is 18.8. The number of amides is 1. The number of aryl methyl sites for hydroxylation is 1. The SMILES string of the molecule is Cc1ccc(-n2nc(C(=O)Nc3ccc(Cl)cc3)nc2-c2ccc(F)cc2)cc1. The van der Waals surface area contributed by atoms with Crippen molar-refractivity contribution < 1.29 is 9.18 Å². The fourth-order valence-corrected chi connectivity index (χ4v) is 2.91. The van der Waals surface area contributed by atoms with Gasteiger partial charge in [0.25, 0.3) is 5.91 Å². The molecule has 0 saturated heterocycles. The second kappa shape index (κ2) is 7.85. The van der Waals surface area contributed by atoms with Gasteiger partial charge in [-0.05, 0) is 67.6 Å². The van der Waals surface area contributed by atoms with Gasteiger partial charge in [0.1, 0.15) is 5.82 Å². The molecule has 0 aliphatic rings. The van der Waals surface area contributed by atoms with E-state index >= 15 is 0 Å². The average molecular weight is 407 g/mol. The maximum absolute atomic E-state index is 13.4. The lowest BCUT2D eigenvalue weighted by Crippen LogP contribution is -2.14. The number of hydrogen-bond acceptors (Lipinski definition) is 3. The first-order chi connectivity index (χ1) is 14.0. The number of hydrogen-bond donors (Lipinski definition) is 1. The van der Waals surface area contributed by atoms with Crippen molar-refractivity contribution in [3.05, 3.63) is 95.0 Å². The summed E-state index contributed by atoms with van der Waals surface area (Å²) in [5, 5.41) is 7.72. The van der Waals surface area contributed by atoms with E-state index in [-0.39, 0.29) is 11.6 Å². The van der Waals surface area contributed by atoms with Gasteiger partial charge in [-0.3, -0.25) is 4.79 Å². The molecule has 0 atom stereocenters. The molecule has 3 aromatic carbocycles. The van der Waals surface area contributed by atoms with E-state index in [1.807, 2.05) is 31.2 Å². The van der Waals surface area contributed by atoms with Crippen molar-refractivity contribution in [1.82, 2.24) is 14.8 Å². The van der Waals surface area contributed by atoms with Gasteiger partial charge in [0, 0.05) is 16.3 Å². The molecule has 0 bridgehead atoms. The lowest BCUT2D eigenvalue weighted by molar-refractivity contribution is 0.101. The summed E-state index contributed by atoms with van der Waals surface area (Å²) in [6.07, 6.45) is 0. The molecule has 0 unspecified atom stereocenters. The van der Waals surface area contributed by atoms with E-state index in [1.165, 1.54) is 12.1 Å². The van der Waals surface area contributed by atoms with Crippen molar-refractivity contribution >= 4 is 23.2 Å². The third-order valence-corrected chi connectivity index (χ3v) is 4.55. The summed E-state index contributed by atoms with van der Waals surface area (Å²) in [6.45, 7) is 1.98. The Bertz CT molecular complexity index is 1090. The highest BCUT2D eigenvalue weighted by molar-refractivity contribution is 6.30. The van der Waals surface area contributed by atoms with Gasteiger partial charge < -0.3 is 5.32 Å². The van der Waals surface area contributed by atoms with Crippen LogP contribution in [-0.4, -0.2) is 20.7 Å². The molecule has 1 amide bonds. The maximum Gasteiger partial charge on any atom is 0.295 e. The first-order valence-corrected chi connectivity index (χ1v) is 9.24. The Hall–Kier alpha value is -3.51. The Morgan fingerprint density at radius 3 is 2.28 bits per heavy atom. The van der Waals surface area contributed by atoms with Crippen molar-refractivity contribution in [2.75, 3.05) is 5.32 Å². The zero-order valence-corrected chi connectivity index (χ0v) is 16.2. The van der Waals surface area contributed by atoms with E-state index in [9.17, 15) is 9.18 Å². The summed E-state index contributed by atoms with van der Waals surface area (Å²) in [5.41, 5.74) is 3.06. The van der Waals surface area contributed by atoms with Gasteiger partial charge >= 0.3 is 0 Å². The van der Waals surface area contributed by atoms with Gasteiger partial charge in [0.05, 0.1) is 5.69 Å². The molecule has 0 fully saturated rings. The molecule has 144 valence electrons. The van der Waals surface area contributed by atoms with E-state index in [0.717, 1.165) is 11.3 Å². The van der Waals surface area contributed by atoms with Gasteiger partial charge in [-0.1, -0.05) is 29.3 Å². The van der Waals surface area contributed by atoms with E-state index in [1.54, 1.807) is 41.1 Å². The summed E-state index contributed by atoms with van der Waals surface area (Å²) in [5.74, 6) is -0.368. The van der Waals surface area contributed by atoms with Gasteiger partial charge in [0.15, 0.2) is 5.82 Å². The van der Waals surface area contributed by atoms with Crippen LogP contribution in [0.2, 0.25) is 5.02 Å². The number of carbonyl (C=O) groups excluding carboxylic acids is 1. The van der Waals surface area contributed by atoms with Crippen molar-refractivity contribution in [3.63, 3.8) is 0 Å². The standard InChI is InChI=1S/C22H16ClFN4O/c1-14-2-12-19(13-3-14)28-21(15-4-8-17(24)9-5-15)26-20(27-28)22(29)25-18-10-6-16(23)7-11-18/h2-13H,1H3,(H,25,29). The zero-order chi connectivity index (χ0) is 20.4. The molecule has 1 heterocycles. The van der Waals surface area contributed by atoms with Crippen LogP contribution in [0.4, 0.5) is 10.1 Å². The number of nitrogens with one attached hydrogen (secondary N) is 1. The van der Waals surface area contributed by atoms with Crippen LogP contribution >= 0.6 is 11.6 Å². The number of aromatic nitrogens is 3. The predicted molar refractivity (Wildman–Crippen MR) is 111 cm³/mol. The summed E-state index contributed by atoms with van der Waals surface area (Å²) >= 11 is 5.88. The quantitative estimate of drug-likeness (QED) is 0.501. The lowest BCUT2D eigenvalue weighted by atomic mass is 10.2. The number of halogens is 2. The number of carbonyl (C=O) groups is 1. The molecule has 4 rings (SSSR count). The fraction of sp³-hybridized carbons (Fsp3) is 0.0455.